The van der Waals surface area contributed by atoms with Crippen LogP contribution in [0.2, 0.25) is 0 Å². The Balaban J connectivity index is 2.34. The van der Waals surface area contributed by atoms with Crippen molar-refractivity contribution in [3.05, 3.63) is 51.8 Å². The molecule has 0 fully saturated rings. The number of nitro groups is 1. The Morgan fingerprint density at radius 1 is 1.45 bits per heavy atom. The largest absolute Gasteiger partial charge is 0.396 e. The molecule has 116 valence electrons. The van der Waals surface area contributed by atoms with Crippen molar-refractivity contribution in [3.63, 3.8) is 0 Å². The van der Waals surface area contributed by atoms with E-state index in [2.05, 4.69) is 4.98 Å². The quantitative estimate of drug-likeness (QED) is 0.272. The van der Waals surface area contributed by atoms with Crippen molar-refractivity contribution in [3.8, 4) is 0 Å². The van der Waals surface area contributed by atoms with Gasteiger partial charge >= 0.3 is 5.82 Å². The molecule has 3 N–H and O–H groups in total. The van der Waals surface area contributed by atoms with Crippen molar-refractivity contribution in [1.82, 2.24) is 15.0 Å². The van der Waals surface area contributed by atoms with Crippen LogP contribution in [0.5, 0.6) is 0 Å². The SMILES string of the molecule is Cc1nc([N+](=O)[O-])c(SCC(=O)NN)n1Cc1ccccc1. The first-order chi connectivity index (χ1) is 10.5. The van der Waals surface area contributed by atoms with Crippen LogP contribution >= 0.6 is 11.8 Å². The number of carbonyl (C=O) groups excluding carboxylic acids is 1. The van der Waals surface area contributed by atoms with Crippen LogP contribution in [0, 0.1) is 17.0 Å². The maximum Gasteiger partial charge on any atom is 0.396 e. The Bertz CT molecular complexity index is 686. The molecular formula is C13H15N5O3S. The van der Waals surface area contributed by atoms with Gasteiger partial charge in [-0.15, -0.1) is 0 Å². The number of hydrazine groups is 1. The van der Waals surface area contributed by atoms with Gasteiger partial charge in [0.1, 0.15) is 0 Å². The van der Waals surface area contributed by atoms with E-state index in [1.165, 1.54) is 0 Å². The molecule has 0 unspecified atom stereocenters. The second-order valence-electron chi connectivity index (χ2n) is 4.47. The van der Waals surface area contributed by atoms with E-state index in [1.54, 1.807) is 11.5 Å². The normalized spacial score (nSPS) is 10.5. The average Bonchev–Trinajstić information content (AvgIpc) is 2.82. The van der Waals surface area contributed by atoms with Gasteiger partial charge in [-0.05, 0) is 15.5 Å². The van der Waals surface area contributed by atoms with Crippen LogP contribution in [0.3, 0.4) is 0 Å². The smallest absolute Gasteiger partial charge is 0.358 e. The topological polar surface area (TPSA) is 116 Å². The highest BCUT2D eigenvalue weighted by Crippen LogP contribution is 2.30. The maximum absolute atomic E-state index is 11.3. The second-order valence-corrected chi connectivity index (χ2v) is 5.44. The van der Waals surface area contributed by atoms with Crippen LogP contribution in [0.25, 0.3) is 0 Å². The monoisotopic (exact) mass is 321 g/mol. The minimum Gasteiger partial charge on any atom is -0.358 e. The van der Waals surface area contributed by atoms with Gasteiger partial charge in [-0.1, -0.05) is 42.1 Å². The second kappa shape index (κ2) is 7.05. The van der Waals surface area contributed by atoms with Crippen LogP contribution in [0.1, 0.15) is 11.4 Å². The van der Waals surface area contributed by atoms with Gasteiger partial charge in [0.05, 0.1) is 12.3 Å². The van der Waals surface area contributed by atoms with Crippen LogP contribution in [-0.4, -0.2) is 26.1 Å². The number of nitrogens with two attached hydrogens (primary N) is 1. The Morgan fingerprint density at radius 2 is 2.14 bits per heavy atom. The van der Waals surface area contributed by atoms with Crippen molar-refractivity contribution in [2.75, 3.05) is 5.75 Å². The van der Waals surface area contributed by atoms with E-state index in [0.29, 0.717) is 17.4 Å². The van der Waals surface area contributed by atoms with E-state index in [-0.39, 0.29) is 11.6 Å². The Hall–Kier alpha value is -2.39. The molecule has 0 aliphatic heterocycles. The fourth-order valence-electron chi connectivity index (χ4n) is 1.92. The molecule has 0 aliphatic carbocycles. The summed E-state index contributed by atoms with van der Waals surface area (Å²) in [6, 6.07) is 9.53. The Kier molecular flexibility index (Phi) is 5.12. The van der Waals surface area contributed by atoms with E-state index in [4.69, 9.17) is 5.84 Å². The van der Waals surface area contributed by atoms with Crippen molar-refractivity contribution < 1.29 is 9.72 Å². The molecule has 1 aromatic carbocycles. The molecular weight excluding hydrogens is 306 g/mol. The van der Waals surface area contributed by atoms with Gasteiger partial charge in [0.15, 0.2) is 5.03 Å². The summed E-state index contributed by atoms with van der Waals surface area (Å²) in [5.74, 6) is 4.88. The third kappa shape index (κ3) is 3.62. The number of thioether (sulfide) groups is 1. The van der Waals surface area contributed by atoms with Crippen molar-refractivity contribution in [1.29, 1.82) is 0 Å². The molecule has 0 aliphatic rings. The van der Waals surface area contributed by atoms with Crippen LogP contribution in [0.4, 0.5) is 5.82 Å². The highest BCUT2D eigenvalue weighted by atomic mass is 32.2. The molecule has 9 heteroatoms. The number of nitrogens with one attached hydrogen (secondary N) is 1. The number of aryl methyl sites for hydroxylation is 1. The van der Waals surface area contributed by atoms with E-state index < -0.39 is 10.8 Å². The first-order valence-corrected chi connectivity index (χ1v) is 7.39. The zero-order chi connectivity index (χ0) is 16.1. The van der Waals surface area contributed by atoms with E-state index in [1.807, 2.05) is 35.8 Å². The molecule has 0 atom stereocenters. The lowest BCUT2D eigenvalue weighted by atomic mass is 10.2. The predicted molar refractivity (Wildman–Crippen MR) is 82.2 cm³/mol. The molecule has 2 aromatic rings. The fourth-order valence-corrected chi connectivity index (χ4v) is 2.87. The molecule has 8 nitrogen and oxygen atoms in total. The molecule has 2 rings (SSSR count). The zero-order valence-electron chi connectivity index (χ0n) is 11.9. The third-order valence-corrected chi connectivity index (χ3v) is 4.04. The molecule has 0 bridgehead atoms. The van der Waals surface area contributed by atoms with E-state index >= 15 is 0 Å². The lowest BCUT2D eigenvalue weighted by molar-refractivity contribution is -0.392. The maximum atomic E-state index is 11.3. The van der Waals surface area contributed by atoms with Gasteiger partial charge in [-0.25, -0.2) is 5.84 Å². The fraction of sp³-hybridized carbons (Fsp3) is 0.231. The van der Waals surface area contributed by atoms with E-state index in [0.717, 1.165) is 17.3 Å². The molecule has 1 aromatic heterocycles. The van der Waals surface area contributed by atoms with Gasteiger partial charge in [-0.2, -0.15) is 0 Å². The number of hydrogen-bond acceptors (Lipinski definition) is 6. The summed E-state index contributed by atoms with van der Waals surface area (Å²) < 4.78 is 1.72. The Labute approximate surface area is 130 Å². The lowest BCUT2D eigenvalue weighted by Gasteiger charge is -2.08. The summed E-state index contributed by atoms with van der Waals surface area (Å²) >= 11 is 1.04. The number of benzene rings is 1. The molecule has 1 amide bonds. The number of carbonyl (C=O) groups is 1. The summed E-state index contributed by atoms with van der Waals surface area (Å²) in [6.45, 7) is 2.14. The number of rotatable bonds is 6. The standard InChI is InChI=1S/C13H15N5O3S/c1-9-15-12(18(20)21)13(22-8-11(19)16-14)17(9)7-10-5-3-2-4-6-10/h2-6H,7-8,14H2,1H3,(H,16,19). The molecule has 0 saturated carbocycles. The third-order valence-electron chi connectivity index (χ3n) is 2.95. The molecule has 22 heavy (non-hydrogen) atoms. The van der Waals surface area contributed by atoms with Gasteiger partial charge in [-0.3, -0.25) is 14.8 Å². The number of hydrogen-bond donors (Lipinski definition) is 2. The number of aromatic nitrogens is 2. The summed E-state index contributed by atoms with van der Waals surface area (Å²) in [5.41, 5.74) is 2.99. The number of amides is 1. The average molecular weight is 321 g/mol. The van der Waals surface area contributed by atoms with Crippen LogP contribution in [-0.2, 0) is 11.3 Å². The van der Waals surface area contributed by atoms with Gasteiger partial charge in [0, 0.05) is 6.92 Å². The minimum absolute atomic E-state index is 0.0166. The summed E-state index contributed by atoms with van der Waals surface area (Å²) in [5, 5.41) is 11.5. The zero-order valence-corrected chi connectivity index (χ0v) is 12.7. The molecule has 0 radical (unpaired) electrons. The van der Waals surface area contributed by atoms with Gasteiger partial charge < -0.3 is 10.1 Å². The number of nitrogens with zero attached hydrogens (tertiary/aromatic N) is 3. The van der Waals surface area contributed by atoms with E-state index in [9.17, 15) is 14.9 Å². The van der Waals surface area contributed by atoms with Gasteiger partial charge in [0.25, 0.3) is 0 Å². The number of imidazole rings is 1. The summed E-state index contributed by atoms with van der Waals surface area (Å²) in [7, 11) is 0. The van der Waals surface area contributed by atoms with Crippen molar-refractivity contribution in [2.24, 2.45) is 5.84 Å². The highest BCUT2D eigenvalue weighted by molar-refractivity contribution is 8.00. The summed E-state index contributed by atoms with van der Waals surface area (Å²) in [6.07, 6.45) is 0. The predicted octanol–water partition coefficient (Wildman–Crippen LogP) is 1.23. The molecule has 0 spiro atoms. The summed E-state index contributed by atoms with van der Waals surface area (Å²) in [4.78, 5) is 25.9. The lowest BCUT2D eigenvalue weighted by Crippen LogP contribution is -2.31. The molecule has 0 saturated heterocycles. The van der Waals surface area contributed by atoms with Crippen molar-refractivity contribution >= 4 is 23.5 Å². The minimum atomic E-state index is -0.544. The first-order valence-electron chi connectivity index (χ1n) is 6.40. The van der Waals surface area contributed by atoms with Crippen LogP contribution < -0.4 is 11.3 Å². The van der Waals surface area contributed by atoms with Crippen molar-refractivity contribution in [2.45, 2.75) is 18.5 Å². The Morgan fingerprint density at radius 3 is 2.73 bits per heavy atom. The van der Waals surface area contributed by atoms with Gasteiger partial charge in [0.2, 0.25) is 11.7 Å². The first kappa shape index (κ1) is 16.0. The molecule has 1 heterocycles. The van der Waals surface area contributed by atoms with Crippen LogP contribution in [0.15, 0.2) is 35.4 Å². The highest BCUT2D eigenvalue weighted by Gasteiger charge is 2.26.